The molecule has 1 aromatic heterocycles. The molecule has 1 rings (SSSR count). The molecule has 4 heteroatoms. The van der Waals surface area contributed by atoms with E-state index >= 15 is 0 Å². The third kappa shape index (κ3) is 2.68. The molecule has 0 fully saturated rings. The fraction of sp³-hybridized carbons (Fsp3) is 0.500. The van der Waals surface area contributed by atoms with Gasteiger partial charge in [-0.3, -0.25) is 4.79 Å². The van der Waals surface area contributed by atoms with Crippen LogP contribution in [0.5, 0.6) is 0 Å². The summed E-state index contributed by atoms with van der Waals surface area (Å²) >= 11 is 1.26. The van der Waals surface area contributed by atoms with Crippen molar-refractivity contribution < 1.29 is 4.79 Å². The van der Waals surface area contributed by atoms with Crippen molar-refractivity contribution in [3.8, 4) is 0 Å². The molecular weight excluding hydrogens is 148 g/mol. The van der Waals surface area contributed by atoms with E-state index in [0.717, 1.165) is 0 Å². The Balaban J connectivity index is 0.000000371. The third-order valence-corrected chi connectivity index (χ3v) is 1.45. The van der Waals surface area contributed by atoms with E-state index in [2.05, 4.69) is 10.2 Å². The lowest BCUT2D eigenvalue weighted by molar-refractivity contribution is 0.101. The third-order valence-electron chi connectivity index (χ3n) is 0.661. The molecule has 0 N–H and O–H groups in total. The Hall–Kier alpha value is -0.770. The van der Waals surface area contributed by atoms with Gasteiger partial charge < -0.3 is 0 Å². The van der Waals surface area contributed by atoms with Crippen LogP contribution in [0.2, 0.25) is 0 Å². The molecule has 0 saturated heterocycles. The zero-order chi connectivity index (χ0) is 7.98. The Morgan fingerprint density at radius 3 is 2.40 bits per heavy atom. The van der Waals surface area contributed by atoms with Gasteiger partial charge in [-0.1, -0.05) is 25.2 Å². The number of aromatic nitrogens is 2. The average molecular weight is 158 g/mol. The quantitative estimate of drug-likeness (QED) is 0.585. The van der Waals surface area contributed by atoms with Gasteiger partial charge in [-0.05, 0) is 0 Å². The first-order valence-corrected chi connectivity index (χ1v) is 3.96. The van der Waals surface area contributed by atoms with Gasteiger partial charge in [0.05, 0.1) is 0 Å². The molecule has 56 valence electrons. The number of carbonyl (C=O) groups excluding carboxylic acids is 1. The van der Waals surface area contributed by atoms with Crippen molar-refractivity contribution in [3.63, 3.8) is 0 Å². The van der Waals surface area contributed by atoms with E-state index in [4.69, 9.17) is 0 Å². The molecule has 3 nitrogen and oxygen atoms in total. The second-order valence-electron chi connectivity index (χ2n) is 1.30. The van der Waals surface area contributed by atoms with Gasteiger partial charge in [-0.25, -0.2) is 0 Å². The van der Waals surface area contributed by atoms with Crippen LogP contribution in [0.15, 0.2) is 5.51 Å². The molecule has 0 saturated carbocycles. The first kappa shape index (κ1) is 9.23. The van der Waals surface area contributed by atoms with Crippen molar-refractivity contribution in [2.75, 3.05) is 0 Å². The second-order valence-corrected chi connectivity index (χ2v) is 2.13. The minimum atomic E-state index is -0.0208. The lowest BCUT2D eigenvalue weighted by Crippen LogP contribution is -1.88. The first-order valence-electron chi connectivity index (χ1n) is 3.08. The topological polar surface area (TPSA) is 42.9 Å². The predicted octanol–water partition coefficient (Wildman–Crippen LogP) is 1.77. The van der Waals surface area contributed by atoms with Gasteiger partial charge in [-0.15, -0.1) is 10.2 Å². The van der Waals surface area contributed by atoms with E-state index in [9.17, 15) is 4.79 Å². The Bertz CT molecular complexity index is 184. The summed E-state index contributed by atoms with van der Waals surface area (Å²) in [7, 11) is 0. The summed E-state index contributed by atoms with van der Waals surface area (Å²) in [6.07, 6.45) is 0. The lowest BCUT2D eigenvalue weighted by Gasteiger charge is -1.75. The highest BCUT2D eigenvalue weighted by molar-refractivity contribution is 7.11. The molecule has 0 radical (unpaired) electrons. The van der Waals surface area contributed by atoms with E-state index in [1.54, 1.807) is 0 Å². The first-order chi connectivity index (χ1) is 4.80. The monoisotopic (exact) mass is 158 g/mol. The lowest BCUT2D eigenvalue weighted by atomic mass is 10.5. The van der Waals surface area contributed by atoms with Gasteiger partial charge in [0, 0.05) is 6.92 Å². The van der Waals surface area contributed by atoms with Gasteiger partial charge in [0.1, 0.15) is 5.51 Å². The van der Waals surface area contributed by atoms with Crippen LogP contribution >= 0.6 is 11.3 Å². The number of nitrogens with zero attached hydrogens (tertiary/aromatic N) is 2. The van der Waals surface area contributed by atoms with Gasteiger partial charge in [-0.2, -0.15) is 0 Å². The van der Waals surface area contributed by atoms with Crippen LogP contribution in [0.3, 0.4) is 0 Å². The van der Waals surface area contributed by atoms with Crippen molar-refractivity contribution in [2.45, 2.75) is 20.8 Å². The van der Waals surface area contributed by atoms with Gasteiger partial charge in [0.25, 0.3) is 0 Å². The molecule has 0 spiro atoms. The van der Waals surface area contributed by atoms with Crippen LogP contribution in [0.1, 0.15) is 30.6 Å². The fourth-order valence-electron chi connectivity index (χ4n) is 0.326. The Morgan fingerprint density at radius 1 is 1.60 bits per heavy atom. The number of hydrogen-bond donors (Lipinski definition) is 0. The molecule has 1 heterocycles. The maximum atomic E-state index is 10.4. The number of hydrogen-bond acceptors (Lipinski definition) is 4. The standard InChI is InChI=1S/C4H4N2OS.C2H6/c1-3(7)4-6-5-2-8-4;1-2/h2H,1H3;1-2H3. The van der Waals surface area contributed by atoms with E-state index in [-0.39, 0.29) is 5.78 Å². The zero-order valence-corrected chi connectivity index (χ0v) is 7.10. The summed E-state index contributed by atoms with van der Waals surface area (Å²) in [4.78, 5) is 10.4. The highest BCUT2D eigenvalue weighted by atomic mass is 32.1. The predicted molar refractivity (Wildman–Crippen MR) is 41.3 cm³/mol. The van der Waals surface area contributed by atoms with Crippen LogP contribution in [-0.2, 0) is 0 Å². The van der Waals surface area contributed by atoms with Crippen molar-refractivity contribution in [2.24, 2.45) is 0 Å². The van der Waals surface area contributed by atoms with E-state index in [0.29, 0.717) is 5.01 Å². The largest absolute Gasteiger partial charge is 0.292 e. The number of ketones is 1. The van der Waals surface area contributed by atoms with Crippen LogP contribution < -0.4 is 0 Å². The molecular formula is C6H10N2OS. The molecule has 0 unspecified atom stereocenters. The molecule has 0 amide bonds. The highest BCUT2D eigenvalue weighted by Gasteiger charge is 1.99. The highest BCUT2D eigenvalue weighted by Crippen LogP contribution is 2.00. The maximum absolute atomic E-state index is 10.4. The summed E-state index contributed by atoms with van der Waals surface area (Å²) in [5.74, 6) is -0.0208. The van der Waals surface area contributed by atoms with Crippen molar-refractivity contribution in [3.05, 3.63) is 10.5 Å². The second kappa shape index (κ2) is 5.05. The minimum Gasteiger partial charge on any atom is -0.292 e. The molecule has 0 aliphatic rings. The van der Waals surface area contributed by atoms with E-state index in [1.807, 2.05) is 13.8 Å². The van der Waals surface area contributed by atoms with Crippen molar-refractivity contribution >= 4 is 17.1 Å². The minimum absolute atomic E-state index is 0.0208. The Kier molecular flexibility index (Phi) is 4.66. The van der Waals surface area contributed by atoms with Gasteiger partial charge in [0.2, 0.25) is 0 Å². The fourth-order valence-corrected chi connectivity index (χ4v) is 0.781. The molecule has 0 bridgehead atoms. The number of Topliss-reactive ketones (excluding diaryl/α,β-unsaturated/α-hetero) is 1. The van der Waals surface area contributed by atoms with Crippen LogP contribution in [-0.4, -0.2) is 16.0 Å². The van der Waals surface area contributed by atoms with Crippen molar-refractivity contribution in [1.82, 2.24) is 10.2 Å². The van der Waals surface area contributed by atoms with Crippen LogP contribution in [0.25, 0.3) is 0 Å². The summed E-state index contributed by atoms with van der Waals surface area (Å²) < 4.78 is 0. The van der Waals surface area contributed by atoms with Gasteiger partial charge in [0.15, 0.2) is 10.8 Å². The molecule has 0 aliphatic carbocycles. The van der Waals surface area contributed by atoms with E-state index < -0.39 is 0 Å². The van der Waals surface area contributed by atoms with Crippen molar-refractivity contribution in [1.29, 1.82) is 0 Å². The zero-order valence-electron chi connectivity index (χ0n) is 6.29. The summed E-state index contributed by atoms with van der Waals surface area (Å²) in [6.45, 7) is 5.47. The van der Waals surface area contributed by atoms with Crippen LogP contribution in [0, 0.1) is 0 Å². The number of rotatable bonds is 1. The Labute approximate surface area is 64.1 Å². The smallest absolute Gasteiger partial charge is 0.190 e. The molecule has 0 aliphatic heterocycles. The molecule has 10 heavy (non-hydrogen) atoms. The summed E-state index contributed by atoms with van der Waals surface area (Å²) in [5.41, 5.74) is 1.54. The molecule has 0 aromatic carbocycles. The van der Waals surface area contributed by atoms with E-state index in [1.165, 1.54) is 23.8 Å². The Morgan fingerprint density at radius 2 is 2.20 bits per heavy atom. The molecule has 0 atom stereocenters. The summed E-state index contributed by atoms with van der Waals surface area (Å²) in [6, 6.07) is 0. The molecule has 1 aromatic rings. The maximum Gasteiger partial charge on any atom is 0.190 e. The SMILES string of the molecule is CC.CC(=O)c1nncs1. The average Bonchev–Trinajstić information content (AvgIpc) is 2.42. The van der Waals surface area contributed by atoms with Crippen LogP contribution in [0.4, 0.5) is 0 Å². The van der Waals surface area contributed by atoms with Gasteiger partial charge >= 0.3 is 0 Å². The normalized spacial score (nSPS) is 7.90. The number of carbonyl (C=O) groups is 1. The summed E-state index contributed by atoms with van der Waals surface area (Å²) in [5, 5.41) is 7.50.